The van der Waals surface area contributed by atoms with Crippen LogP contribution in [0.3, 0.4) is 0 Å². The second-order valence-electron chi connectivity index (χ2n) is 7.69. The predicted octanol–water partition coefficient (Wildman–Crippen LogP) is 4.96. The summed E-state index contributed by atoms with van der Waals surface area (Å²) in [4.78, 5) is 16.9. The second-order valence-corrected chi connectivity index (χ2v) is 10.1. The molecule has 0 unspecified atom stereocenters. The minimum atomic E-state index is -4.05. The molecule has 3 aromatic rings. The number of aryl methyl sites for hydroxylation is 1. The van der Waals surface area contributed by atoms with Crippen LogP contribution < -0.4 is 9.46 Å². The van der Waals surface area contributed by atoms with Gasteiger partial charge in [0.15, 0.2) is 11.2 Å². The van der Waals surface area contributed by atoms with E-state index in [-0.39, 0.29) is 23.9 Å². The lowest BCUT2D eigenvalue weighted by Gasteiger charge is -2.17. The van der Waals surface area contributed by atoms with Crippen LogP contribution in [0.5, 0.6) is 5.88 Å². The molecule has 0 atom stereocenters. The number of hydrogen-bond acceptors (Lipinski definition) is 8. The smallest absolute Gasteiger partial charge is 0.434 e. The lowest BCUT2D eigenvalue weighted by molar-refractivity contribution is 0.0998. The summed E-state index contributed by atoms with van der Waals surface area (Å²) < 4.78 is 39.7. The molecule has 1 aromatic heterocycles. The SMILES string of the molecule is CCCCc1nc(SC)c(OC(=O)OCC)n1Cc1ccccc1-c1ccccc1S(=O)(=O)NC#N. The molecule has 190 valence electrons. The van der Waals surface area contributed by atoms with Crippen LogP contribution in [0.2, 0.25) is 0 Å². The van der Waals surface area contributed by atoms with E-state index >= 15 is 0 Å². The number of carbonyl (C=O) groups is 1. The van der Waals surface area contributed by atoms with Crippen molar-refractivity contribution >= 4 is 27.9 Å². The van der Waals surface area contributed by atoms with Crippen molar-refractivity contribution in [3.63, 3.8) is 0 Å². The molecular formula is C25H28N4O5S2. The molecule has 0 saturated heterocycles. The third kappa shape index (κ3) is 6.19. The maximum Gasteiger partial charge on any atom is 0.515 e. The van der Waals surface area contributed by atoms with E-state index in [1.54, 1.807) is 25.1 Å². The summed E-state index contributed by atoms with van der Waals surface area (Å²) in [6, 6.07) is 13.9. The standard InChI is InChI=1S/C25H28N4O5S2/c1-4-6-15-22-28-23(35-3)24(34-25(30)33-5-2)29(22)16-18-11-7-8-12-19(18)20-13-9-10-14-21(20)36(31,32)27-17-26/h7-14,27H,4-6,15-16H2,1-3H3. The summed E-state index contributed by atoms with van der Waals surface area (Å²) >= 11 is 1.36. The highest BCUT2D eigenvalue weighted by molar-refractivity contribution is 7.98. The molecule has 0 fully saturated rings. The third-order valence-electron chi connectivity index (χ3n) is 5.35. The Balaban J connectivity index is 2.15. The van der Waals surface area contributed by atoms with E-state index in [1.807, 2.05) is 39.8 Å². The highest BCUT2D eigenvalue weighted by Gasteiger charge is 2.24. The molecule has 0 amide bonds. The molecule has 3 rings (SSSR count). The number of carbonyl (C=O) groups excluding carboxylic acids is 1. The highest BCUT2D eigenvalue weighted by atomic mass is 32.2. The molecule has 0 radical (unpaired) electrons. The lowest BCUT2D eigenvalue weighted by Crippen LogP contribution is -2.19. The topological polar surface area (TPSA) is 123 Å². The van der Waals surface area contributed by atoms with Crippen molar-refractivity contribution in [1.82, 2.24) is 14.3 Å². The molecule has 0 aliphatic carbocycles. The van der Waals surface area contributed by atoms with Crippen molar-refractivity contribution in [2.75, 3.05) is 12.9 Å². The fraction of sp³-hybridized carbons (Fsp3) is 0.320. The molecule has 11 heteroatoms. The molecule has 0 saturated carbocycles. The van der Waals surface area contributed by atoms with Crippen molar-refractivity contribution < 1.29 is 22.7 Å². The van der Waals surface area contributed by atoms with E-state index in [0.717, 1.165) is 24.2 Å². The number of unbranched alkanes of at least 4 members (excludes halogenated alkanes) is 1. The summed E-state index contributed by atoms with van der Waals surface area (Å²) in [7, 11) is -4.05. The number of ether oxygens (including phenoxy) is 2. The first-order valence-electron chi connectivity index (χ1n) is 11.4. The van der Waals surface area contributed by atoms with Gasteiger partial charge in [0.2, 0.25) is 5.88 Å². The maximum atomic E-state index is 12.7. The fourth-order valence-electron chi connectivity index (χ4n) is 3.73. The number of imidazole rings is 1. The van der Waals surface area contributed by atoms with E-state index in [1.165, 1.54) is 24.0 Å². The van der Waals surface area contributed by atoms with Crippen LogP contribution in [-0.2, 0) is 27.7 Å². The van der Waals surface area contributed by atoms with Crippen molar-refractivity contribution in [2.45, 2.75) is 49.6 Å². The van der Waals surface area contributed by atoms with E-state index in [9.17, 15) is 13.2 Å². The maximum absolute atomic E-state index is 12.7. The molecular weight excluding hydrogens is 500 g/mol. The monoisotopic (exact) mass is 528 g/mol. The quantitative estimate of drug-likeness (QED) is 0.160. The third-order valence-corrected chi connectivity index (χ3v) is 7.30. The summed E-state index contributed by atoms with van der Waals surface area (Å²) in [5.74, 6) is 1.04. The van der Waals surface area contributed by atoms with Crippen molar-refractivity contribution in [1.29, 1.82) is 5.26 Å². The van der Waals surface area contributed by atoms with Crippen LogP contribution >= 0.6 is 11.8 Å². The Kier molecular flexibility index (Phi) is 9.38. The van der Waals surface area contributed by atoms with Gasteiger partial charge in [-0.3, -0.25) is 4.57 Å². The van der Waals surface area contributed by atoms with Gasteiger partial charge in [0.25, 0.3) is 10.0 Å². The van der Waals surface area contributed by atoms with Gasteiger partial charge >= 0.3 is 6.16 Å². The van der Waals surface area contributed by atoms with Crippen molar-refractivity contribution in [3.8, 4) is 23.2 Å². The lowest BCUT2D eigenvalue weighted by atomic mass is 9.99. The number of nitrogens with one attached hydrogen (secondary N) is 1. The van der Waals surface area contributed by atoms with Crippen molar-refractivity contribution in [2.24, 2.45) is 0 Å². The second kappa shape index (κ2) is 12.5. The molecule has 0 aliphatic heterocycles. The normalized spacial score (nSPS) is 11.1. The van der Waals surface area contributed by atoms with Crippen LogP contribution in [0.1, 0.15) is 38.1 Å². The van der Waals surface area contributed by atoms with Gasteiger partial charge in [-0.05, 0) is 36.8 Å². The molecule has 0 bridgehead atoms. The summed E-state index contributed by atoms with van der Waals surface area (Å²) in [5, 5.41) is 9.50. The number of aromatic nitrogens is 2. The van der Waals surface area contributed by atoms with Gasteiger partial charge in [0.05, 0.1) is 18.0 Å². The average molecular weight is 529 g/mol. The first-order valence-corrected chi connectivity index (χ1v) is 14.1. The number of nitriles is 1. The Morgan fingerprint density at radius 1 is 1.14 bits per heavy atom. The van der Waals surface area contributed by atoms with Gasteiger partial charge in [-0.1, -0.05) is 55.8 Å². The zero-order valence-electron chi connectivity index (χ0n) is 20.4. The van der Waals surface area contributed by atoms with Crippen molar-refractivity contribution in [3.05, 3.63) is 59.9 Å². The Hall–Kier alpha value is -3.49. The summed E-state index contributed by atoms with van der Waals surface area (Å²) in [6.07, 6.45) is 5.07. The van der Waals surface area contributed by atoms with Crippen LogP contribution in [-0.4, -0.2) is 37.0 Å². The molecule has 36 heavy (non-hydrogen) atoms. The Morgan fingerprint density at radius 3 is 2.50 bits per heavy atom. The number of nitrogens with zero attached hydrogens (tertiary/aromatic N) is 3. The van der Waals surface area contributed by atoms with Crippen LogP contribution in [0.25, 0.3) is 11.1 Å². The molecule has 2 aromatic carbocycles. The van der Waals surface area contributed by atoms with E-state index in [4.69, 9.17) is 19.7 Å². The molecule has 1 heterocycles. The van der Waals surface area contributed by atoms with E-state index in [2.05, 4.69) is 6.92 Å². The fourth-order valence-corrected chi connectivity index (χ4v) is 5.21. The Bertz CT molecular complexity index is 1360. The predicted molar refractivity (Wildman–Crippen MR) is 137 cm³/mol. The zero-order valence-corrected chi connectivity index (χ0v) is 22.0. The summed E-state index contributed by atoms with van der Waals surface area (Å²) in [5.41, 5.74) is 1.90. The minimum absolute atomic E-state index is 0.0105. The molecule has 0 aliphatic rings. The molecule has 1 N–H and O–H groups in total. The number of rotatable bonds is 11. The van der Waals surface area contributed by atoms with Gasteiger partial charge in [0.1, 0.15) is 5.82 Å². The zero-order chi connectivity index (χ0) is 26.1. The number of sulfonamides is 1. The van der Waals surface area contributed by atoms with Crippen LogP contribution in [0.4, 0.5) is 4.79 Å². The number of hydrogen-bond donors (Lipinski definition) is 1. The largest absolute Gasteiger partial charge is 0.515 e. The van der Waals surface area contributed by atoms with Crippen LogP contribution in [0, 0.1) is 11.5 Å². The first kappa shape index (κ1) is 27.1. The number of thioether (sulfide) groups is 1. The Labute approximate surface area is 215 Å². The van der Waals surface area contributed by atoms with Gasteiger partial charge in [0, 0.05) is 12.0 Å². The van der Waals surface area contributed by atoms with Gasteiger partial charge in [-0.15, -0.1) is 11.8 Å². The molecule has 0 spiro atoms. The van der Waals surface area contributed by atoms with Gasteiger partial charge in [-0.2, -0.15) is 5.26 Å². The minimum Gasteiger partial charge on any atom is -0.434 e. The van der Waals surface area contributed by atoms with Crippen LogP contribution in [0.15, 0.2) is 58.5 Å². The highest BCUT2D eigenvalue weighted by Crippen LogP contribution is 2.34. The van der Waals surface area contributed by atoms with Gasteiger partial charge < -0.3 is 9.47 Å². The Morgan fingerprint density at radius 2 is 1.83 bits per heavy atom. The average Bonchev–Trinajstić information content (AvgIpc) is 3.19. The van der Waals surface area contributed by atoms with Gasteiger partial charge in [-0.25, -0.2) is 22.9 Å². The summed E-state index contributed by atoms with van der Waals surface area (Å²) in [6.45, 7) is 4.23. The number of benzene rings is 2. The molecule has 9 nitrogen and oxygen atoms in total. The first-order chi connectivity index (χ1) is 17.4. The van der Waals surface area contributed by atoms with E-state index in [0.29, 0.717) is 22.6 Å². The van der Waals surface area contributed by atoms with E-state index < -0.39 is 16.2 Å².